The van der Waals surface area contributed by atoms with Gasteiger partial charge in [0.2, 0.25) is 0 Å². The summed E-state index contributed by atoms with van der Waals surface area (Å²) < 4.78 is 49.2. The van der Waals surface area contributed by atoms with Crippen LogP contribution in [0.5, 0.6) is 0 Å². The number of aliphatic carboxylic acids is 1. The fourth-order valence-electron chi connectivity index (χ4n) is 15.4. The molecule has 7 aliphatic rings. The molecule has 76 heavy (non-hydrogen) atoms. The molecule has 5 aliphatic carbocycles. The quantitative estimate of drug-likeness (QED) is 0.0408. The normalized spacial score (nSPS) is 46.3. The Morgan fingerprint density at radius 1 is 0.763 bits per heavy atom. The molecular formula is C55H84O21. The van der Waals surface area contributed by atoms with Crippen molar-refractivity contribution in [3.05, 3.63) is 23.3 Å². The van der Waals surface area contributed by atoms with Gasteiger partial charge in [0.25, 0.3) is 0 Å². The largest absolute Gasteiger partial charge is 0.479 e. The number of aliphatic hydroxyl groups is 7. The van der Waals surface area contributed by atoms with Gasteiger partial charge in [0, 0.05) is 35.7 Å². The van der Waals surface area contributed by atoms with E-state index in [1.165, 1.54) is 13.8 Å². The summed E-state index contributed by atoms with van der Waals surface area (Å²) in [6.45, 7) is 19.7. The molecule has 0 amide bonds. The zero-order valence-corrected chi connectivity index (χ0v) is 46.0. The Hall–Kier alpha value is -3.61. The predicted molar refractivity (Wildman–Crippen MR) is 265 cm³/mol. The Labute approximate surface area is 444 Å². The number of fused-ring (bicyclic) bond motifs is 7. The molecule has 0 aromatic rings. The van der Waals surface area contributed by atoms with Gasteiger partial charge >= 0.3 is 29.8 Å². The molecule has 0 aromatic carbocycles. The van der Waals surface area contributed by atoms with Crippen LogP contribution in [0.25, 0.3) is 0 Å². The Balaban J connectivity index is 1.30. The van der Waals surface area contributed by atoms with Gasteiger partial charge in [0.05, 0.1) is 37.3 Å². The lowest BCUT2D eigenvalue weighted by Gasteiger charge is -2.73. The van der Waals surface area contributed by atoms with E-state index in [1.807, 2.05) is 34.6 Å². The molecule has 7 rings (SSSR count). The maximum absolute atomic E-state index is 14.2. The van der Waals surface area contributed by atoms with Crippen molar-refractivity contribution in [1.29, 1.82) is 0 Å². The third-order valence-corrected chi connectivity index (χ3v) is 20.1. The first-order valence-corrected chi connectivity index (χ1v) is 26.9. The molecular weight excluding hydrogens is 997 g/mol. The topological polar surface area (TPSA) is 321 Å². The summed E-state index contributed by atoms with van der Waals surface area (Å²) in [5.74, 6) is -6.22. The van der Waals surface area contributed by atoms with Crippen LogP contribution < -0.4 is 0 Å². The van der Waals surface area contributed by atoms with Gasteiger partial charge in [-0.15, -0.1) is 0 Å². The van der Waals surface area contributed by atoms with Crippen LogP contribution in [0.15, 0.2) is 23.3 Å². The highest BCUT2D eigenvalue weighted by Gasteiger charge is 2.78. The van der Waals surface area contributed by atoms with Gasteiger partial charge in [-0.2, -0.15) is 0 Å². The first kappa shape index (κ1) is 60.0. The zero-order chi connectivity index (χ0) is 56.6. The first-order chi connectivity index (χ1) is 35.4. The number of esters is 4. The van der Waals surface area contributed by atoms with Crippen LogP contribution in [0.2, 0.25) is 0 Å². The minimum Gasteiger partial charge on any atom is -0.479 e. The summed E-state index contributed by atoms with van der Waals surface area (Å²) in [4.78, 5) is 67.8. The van der Waals surface area contributed by atoms with Crippen LogP contribution in [0, 0.1) is 56.2 Å². The lowest BCUT2D eigenvalue weighted by molar-refractivity contribution is -0.358. The fourth-order valence-corrected chi connectivity index (χ4v) is 15.4. The van der Waals surface area contributed by atoms with Crippen molar-refractivity contribution in [3.8, 4) is 0 Å². The second-order valence-electron chi connectivity index (χ2n) is 24.6. The summed E-state index contributed by atoms with van der Waals surface area (Å²) in [7, 11) is 0. The Morgan fingerprint density at radius 2 is 1.39 bits per heavy atom. The maximum atomic E-state index is 14.2. The molecule has 21 nitrogen and oxygen atoms in total. The van der Waals surface area contributed by atoms with E-state index in [-0.39, 0.29) is 24.7 Å². The first-order valence-electron chi connectivity index (χ1n) is 26.9. The van der Waals surface area contributed by atoms with Gasteiger partial charge in [-0.1, -0.05) is 73.1 Å². The molecule has 21 heteroatoms. The molecule has 0 bridgehead atoms. The van der Waals surface area contributed by atoms with E-state index in [9.17, 15) is 64.8 Å². The van der Waals surface area contributed by atoms with Crippen molar-refractivity contribution >= 4 is 29.8 Å². The van der Waals surface area contributed by atoms with E-state index in [0.29, 0.717) is 37.7 Å². The number of allylic oxidation sites excluding steroid dienone is 2. The van der Waals surface area contributed by atoms with Gasteiger partial charge < -0.3 is 78.7 Å². The molecule has 4 saturated carbocycles. The third kappa shape index (κ3) is 9.55. The maximum Gasteiger partial charge on any atom is 0.335 e. The number of carbonyl (C=O) groups is 5. The van der Waals surface area contributed by atoms with Crippen LogP contribution in [-0.2, 0) is 61.9 Å². The molecule has 2 saturated heterocycles. The van der Waals surface area contributed by atoms with E-state index in [2.05, 4.69) is 19.9 Å². The molecule has 6 fully saturated rings. The molecule has 430 valence electrons. The number of carboxylic acid groups (broad SMARTS) is 1. The van der Waals surface area contributed by atoms with Gasteiger partial charge in [0.15, 0.2) is 30.9 Å². The minimum atomic E-state index is -2.01. The van der Waals surface area contributed by atoms with Crippen LogP contribution in [0.1, 0.15) is 128 Å². The number of carbonyl (C=O) groups excluding carboxylic acids is 4. The van der Waals surface area contributed by atoms with E-state index in [1.54, 1.807) is 26.8 Å². The number of ether oxygens (including phenoxy) is 8. The second kappa shape index (κ2) is 21.8. The molecule has 0 radical (unpaired) electrons. The monoisotopic (exact) mass is 1080 g/mol. The highest BCUT2D eigenvalue weighted by atomic mass is 16.7. The van der Waals surface area contributed by atoms with E-state index in [0.717, 1.165) is 5.57 Å². The van der Waals surface area contributed by atoms with Crippen LogP contribution >= 0.6 is 0 Å². The summed E-state index contributed by atoms with van der Waals surface area (Å²) >= 11 is 0. The number of hydrogen-bond donors (Lipinski definition) is 8. The van der Waals surface area contributed by atoms with Crippen LogP contribution in [-0.4, -0.2) is 176 Å². The van der Waals surface area contributed by atoms with E-state index in [4.69, 9.17) is 37.9 Å². The summed E-state index contributed by atoms with van der Waals surface area (Å²) in [6, 6.07) is 0. The SMILES string of the molecule is C/C=C(/C)C(=O)O[C@H]1[C@H](OC(=O)C(C)CC)[C@]2(CO)[C@H](OC(C)=O)[C@H](OC(C)=O)[C@]3(C)C(=CC[C@@H]4[C@@]5(C)CC[C@H](O[C@@H]6O[C@H](C(=O)O)[C@@H](O)[C@H](O[C@@H]7OC[C@H](O)[C@H](O)[C@H]7O)[C@H]6O)[C@@](C)(CO)[C@@H]5CC[C@]43C)[C@@H]2CC1(C)C. The van der Waals surface area contributed by atoms with Gasteiger partial charge in [0.1, 0.15) is 48.8 Å². The highest BCUT2D eigenvalue weighted by molar-refractivity contribution is 5.88. The molecule has 2 heterocycles. The van der Waals surface area contributed by atoms with Crippen molar-refractivity contribution in [2.45, 2.75) is 214 Å². The second-order valence-corrected chi connectivity index (χ2v) is 24.6. The van der Waals surface area contributed by atoms with Crippen molar-refractivity contribution < 1.29 is 103 Å². The lowest BCUT2D eigenvalue weighted by Crippen LogP contribution is -2.77. The van der Waals surface area contributed by atoms with Gasteiger partial charge in [-0.05, 0) is 87.4 Å². The minimum absolute atomic E-state index is 0.234. The number of rotatable bonds is 14. The fraction of sp³-hybridized carbons (Fsp3) is 0.836. The molecule has 8 N–H and O–H groups in total. The van der Waals surface area contributed by atoms with Crippen molar-refractivity contribution in [2.24, 2.45) is 56.2 Å². The molecule has 2 aliphatic heterocycles. The summed E-state index contributed by atoms with van der Waals surface area (Å²) in [5, 5.41) is 87.8. The van der Waals surface area contributed by atoms with Crippen molar-refractivity contribution in [2.75, 3.05) is 19.8 Å². The van der Waals surface area contributed by atoms with Gasteiger partial charge in [-0.3, -0.25) is 14.4 Å². The van der Waals surface area contributed by atoms with E-state index < -0.39 is 180 Å². The van der Waals surface area contributed by atoms with Crippen LogP contribution in [0.3, 0.4) is 0 Å². The van der Waals surface area contributed by atoms with Crippen molar-refractivity contribution in [3.63, 3.8) is 0 Å². The molecule has 1 unspecified atom stereocenters. The van der Waals surface area contributed by atoms with E-state index >= 15 is 0 Å². The van der Waals surface area contributed by atoms with Crippen LogP contribution in [0.4, 0.5) is 0 Å². The van der Waals surface area contributed by atoms with Crippen molar-refractivity contribution in [1.82, 2.24) is 0 Å². The molecule has 23 atom stereocenters. The average Bonchev–Trinajstić information content (AvgIpc) is 3.35. The lowest BCUT2D eigenvalue weighted by atomic mass is 9.32. The summed E-state index contributed by atoms with van der Waals surface area (Å²) in [6.07, 6.45) is -15.9. The summed E-state index contributed by atoms with van der Waals surface area (Å²) in [5.41, 5.74) is -5.21. The molecule has 0 aromatic heterocycles. The Morgan fingerprint density at radius 3 is 1.97 bits per heavy atom. The Bertz CT molecular complexity index is 2270. The Kier molecular flexibility index (Phi) is 17.2. The zero-order valence-electron chi connectivity index (χ0n) is 46.0. The van der Waals surface area contributed by atoms with Gasteiger partial charge in [-0.25, -0.2) is 9.59 Å². The smallest absolute Gasteiger partial charge is 0.335 e. The molecule has 0 spiro atoms. The highest BCUT2D eigenvalue weighted by Crippen LogP contribution is 2.77. The number of aliphatic hydroxyl groups excluding tert-OH is 7. The predicted octanol–water partition coefficient (Wildman–Crippen LogP) is 2.63. The third-order valence-electron chi connectivity index (χ3n) is 20.1. The standard InChI is InChI=1S/C55H84O21/c1-13-25(3)46(67)75-41-43(76-47(68)26(4)14-2)55(24-57)30(21-50(41,7)8)29-15-16-33-51(9)19-18-34(72-49-38(64)39(37(63)40(74-49)45(65)66)73-48-36(62)35(61)31(60)22-69-48)52(10,23-56)32(51)17-20-53(33,11)54(29,12)42(70-27(5)58)44(55)71-28(6)59/h13,15,26,30-44,48-49,56-57,60-64H,14,16-24H2,1-12H3,(H,65,66)/b25-13-/t26?,30-,31-,32+,33+,34-,35-,36+,37-,38+,39-,40-,41-,42-,43-,44+,48-,49+,51-,52-,53+,54-,55+/m0/s1. The number of hydrogen-bond acceptors (Lipinski definition) is 20. The number of carboxylic acids is 1. The average molecular weight is 1080 g/mol.